The van der Waals surface area contributed by atoms with E-state index < -0.39 is 5.97 Å². The van der Waals surface area contributed by atoms with Crippen LogP contribution in [0.4, 0.5) is 5.69 Å². The highest BCUT2D eigenvalue weighted by atomic mass is 16.5. The van der Waals surface area contributed by atoms with Crippen LogP contribution in [0.15, 0.2) is 24.3 Å². The van der Waals surface area contributed by atoms with E-state index in [1.807, 2.05) is 29.2 Å². The summed E-state index contributed by atoms with van der Waals surface area (Å²) in [4.78, 5) is 14.9. The molecule has 0 atom stereocenters. The highest BCUT2D eigenvalue weighted by Gasteiger charge is 2.18. The first-order chi connectivity index (χ1) is 9.63. The second-order valence-electron chi connectivity index (χ2n) is 4.93. The Balaban J connectivity index is 1.63. The van der Waals surface area contributed by atoms with Crippen molar-refractivity contribution >= 4 is 11.7 Å². The average Bonchev–Trinajstić information content (AvgIpc) is 2.42. The van der Waals surface area contributed by atoms with Crippen molar-refractivity contribution in [3.63, 3.8) is 0 Å². The quantitative estimate of drug-likeness (QED) is 0.732. The summed E-state index contributed by atoms with van der Waals surface area (Å²) < 4.78 is 5.65. The van der Waals surface area contributed by atoms with E-state index in [1.54, 1.807) is 0 Å². The second kappa shape index (κ2) is 7.12. The van der Waals surface area contributed by atoms with Crippen LogP contribution in [-0.4, -0.2) is 66.8 Å². The standard InChI is InChI=1S/C14H21N3O3/c15-12-1-3-13(4-2-12)20-10-9-16-5-7-17(8-6-16)11-14(18)19/h1-4H,5-11,15H2,(H,18,19). The minimum atomic E-state index is -0.759. The lowest BCUT2D eigenvalue weighted by Gasteiger charge is -2.33. The lowest BCUT2D eigenvalue weighted by molar-refractivity contribution is -0.138. The summed E-state index contributed by atoms with van der Waals surface area (Å²) in [7, 11) is 0. The number of ether oxygens (including phenoxy) is 1. The van der Waals surface area contributed by atoms with Crippen LogP contribution in [0, 0.1) is 0 Å². The van der Waals surface area contributed by atoms with Crippen LogP contribution in [0.3, 0.4) is 0 Å². The first-order valence-electron chi connectivity index (χ1n) is 6.78. The first-order valence-corrected chi connectivity index (χ1v) is 6.78. The zero-order valence-electron chi connectivity index (χ0n) is 11.5. The van der Waals surface area contributed by atoms with Gasteiger partial charge in [-0.25, -0.2) is 0 Å². The Morgan fingerprint density at radius 2 is 1.75 bits per heavy atom. The minimum Gasteiger partial charge on any atom is -0.492 e. The maximum atomic E-state index is 10.6. The highest BCUT2D eigenvalue weighted by molar-refractivity contribution is 5.69. The molecule has 1 aromatic rings. The summed E-state index contributed by atoms with van der Waals surface area (Å²) in [6.07, 6.45) is 0. The summed E-state index contributed by atoms with van der Waals surface area (Å²) >= 11 is 0. The van der Waals surface area contributed by atoms with Gasteiger partial charge >= 0.3 is 5.97 Å². The lowest BCUT2D eigenvalue weighted by atomic mass is 10.3. The molecule has 1 aliphatic heterocycles. The molecule has 6 heteroatoms. The van der Waals surface area contributed by atoms with Crippen molar-refractivity contribution in [1.29, 1.82) is 0 Å². The van der Waals surface area contributed by atoms with Crippen LogP contribution >= 0.6 is 0 Å². The summed E-state index contributed by atoms with van der Waals surface area (Å²) in [6.45, 7) is 4.99. The van der Waals surface area contributed by atoms with E-state index in [9.17, 15) is 4.79 Å². The van der Waals surface area contributed by atoms with Crippen molar-refractivity contribution in [3.8, 4) is 5.75 Å². The minimum absolute atomic E-state index is 0.135. The molecule has 0 aliphatic carbocycles. The van der Waals surface area contributed by atoms with Gasteiger partial charge in [0.2, 0.25) is 0 Å². The van der Waals surface area contributed by atoms with Gasteiger partial charge in [0.25, 0.3) is 0 Å². The second-order valence-corrected chi connectivity index (χ2v) is 4.93. The van der Waals surface area contributed by atoms with Crippen LogP contribution in [-0.2, 0) is 4.79 Å². The molecule has 1 heterocycles. The number of carboxylic acid groups (broad SMARTS) is 1. The van der Waals surface area contributed by atoms with Crippen molar-refractivity contribution in [1.82, 2.24) is 9.80 Å². The SMILES string of the molecule is Nc1ccc(OCCN2CCN(CC(=O)O)CC2)cc1. The molecule has 1 aromatic carbocycles. The number of nitrogens with zero attached hydrogens (tertiary/aromatic N) is 2. The highest BCUT2D eigenvalue weighted by Crippen LogP contribution is 2.13. The Bertz CT molecular complexity index is 428. The molecule has 0 bridgehead atoms. The molecule has 0 spiro atoms. The molecule has 1 aliphatic rings. The number of anilines is 1. The number of rotatable bonds is 6. The van der Waals surface area contributed by atoms with E-state index in [0.29, 0.717) is 6.61 Å². The number of nitrogens with two attached hydrogens (primary N) is 1. The molecule has 110 valence electrons. The molecule has 0 aromatic heterocycles. The van der Waals surface area contributed by atoms with Gasteiger partial charge in [0.05, 0.1) is 6.54 Å². The van der Waals surface area contributed by atoms with Gasteiger partial charge in [-0.3, -0.25) is 14.6 Å². The van der Waals surface area contributed by atoms with Gasteiger partial charge in [-0.2, -0.15) is 0 Å². The van der Waals surface area contributed by atoms with Crippen molar-refractivity contribution < 1.29 is 14.6 Å². The summed E-state index contributed by atoms with van der Waals surface area (Å²) in [5.74, 6) is 0.0637. The molecular weight excluding hydrogens is 258 g/mol. The molecule has 1 saturated heterocycles. The Morgan fingerprint density at radius 1 is 1.15 bits per heavy atom. The van der Waals surface area contributed by atoms with Crippen molar-refractivity contribution in [2.24, 2.45) is 0 Å². The topological polar surface area (TPSA) is 79.0 Å². The molecule has 0 amide bonds. The Morgan fingerprint density at radius 3 is 2.35 bits per heavy atom. The van der Waals surface area contributed by atoms with Crippen LogP contribution in [0.1, 0.15) is 0 Å². The Labute approximate surface area is 118 Å². The zero-order chi connectivity index (χ0) is 14.4. The molecule has 1 fully saturated rings. The number of carbonyl (C=O) groups is 1. The third-order valence-corrected chi connectivity index (χ3v) is 3.38. The predicted molar refractivity (Wildman–Crippen MR) is 76.9 cm³/mol. The van der Waals surface area contributed by atoms with Gasteiger partial charge in [0, 0.05) is 38.4 Å². The number of hydrogen-bond acceptors (Lipinski definition) is 5. The lowest BCUT2D eigenvalue weighted by Crippen LogP contribution is -2.48. The third kappa shape index (κ3) is 4.71. The molecule has 3 N–H and O–H groups in total. The van der Waals surface area contributed by atoms with Crippen LogP contribution in [0.25, 0.3) is 0 Å². The number of carboxylic acids is 1. The molecule has 0 unspecified atom stereocenters. The van der Waals surface area contributed by atoms with Crippen LogP contribution < -0.4 is 10.5 Å². The monoisotopic (exact) mass is 279 g/mol. The normalized spacial score (nSPS) is 17.0. The molecular formula is C14H21N3O3. The van der Waals surface area contributed by atoms with Gasteiger partial charge in [-0.05, 0) is 24.3 Å². The number of benzene rings is 1. The number of nitrogen functional groups attached to an aromatic ring is 1. The third-order valence-electron chi connectivity index (χ3n) is 3.38. The van der Waals surface area contributed by atoms with Gasteiger partial charge in [0.1, 0.15) is 12.4 Å². The van der Waals surface area contributed by atoms with Gasteiger partial charge < -0.3 is 15.6 Å². The van der Waals surface area contributed by atoms with Crippen molar-refractivity contribution in [2.75, 3.05) is 51.6 Å². The zero-order valence-corrected chi connectivity index (χ0v) is 11.5. The van der Waals surface area contributed by atoms with Crippen LogP contribution in [0.2, 0.25) is 0 Å². The van der Waals surface area contributed by atoms with Crippen molar-refractivity contribution in [2.45, 2.75) is 0 Å². The fourth-order valence-electron chi connectivity index (χ4n) is 2.22. The maximum absolute atomic E-state index is 10.6. The summed E-state index contributed by atoms with van der Waals surface area (Å²) in [5, 5.41) is 8.73. The Hall–Kier alpha value is -1.79. The fourth-order valence-corrected chi connectivity index (χ4v) is 2.22. The molecule has 20 heavy (non-hydrogen) atoms. The van der Waals surface area contributed by atoms with E-state index in [4.69, 9.17) is 15.6 Å². The molecule has 0 saturated carbocycles. The van der Waals surface area contributed by atoms with Crippen molar-refractivity contribution in [3.05, 3.63) is 24.3 Å². The molecule has 0 radical (unpaired) electrons. The predicted octanol–water partition coefficient (Wildman–Crippen LogP) is 0.350. The largest absolute Gasteiger partial charge is 0.492 e. The van der Waals surface area contributed by atoms with E-state index in [1.165, 1.54) is 0 Å². The average molecular weight is 279 g/mol. The summed E-state index contributed by atoms with van der Waals surface area (Å²) in [6, 6.07) is 7.36. The summed E-state index contributed by atoms with van der Waals surface area (Å²) in [5.41, 5.74) is 6.34. The van der Waals surface area contributed by atoms with Gasteiger partial charge in [-0.15, -0.1) is 0 Å². The van der Waals surface area contributed by atoms with Gasteiger partial charge in [0.15, 0.2) is 0 Å². The van der Waals surface area contributed by atoms with E-state index in [2.05, 4.69) is 4.90 Å². The Kier molecular flexibility index (Phi) is 5.20. The molecule has 2 rings (SSSR count). The smallest absolute Gasteiger partial charge is 0.317 e. The number of aliphatic carboxylic acids is 1. The fraction of sp³-hybridized carbons (Fsp3) is 0.500. The van der Waals surface area contributed by atoms with E-state index in [-0.39, 0.29) is 6.54 Å². The van der Waals surface area contributed by atoms with Gasteiger partial charge in [-0.1, -0.05) is 0 Å². The number of piperazine rings is 1. The first kappa shape index (κ1) is 14.6. The molecule has 6 nitrogen and oxygen atoms in total. The van der Waals surface area contributed by atoms with Crippen LogP contribution in [0.5, 0.6) is 5.75 Å². The maximum Gasteiger partial charge on any atom is 0.317 e. The number of hydrogen-bond donors (Lipinski definition) is 2. The van der Waals surface area contributed by atoms with E-state index >= 15 is 0 Å². The van der Waals surface area contributed by atoms with E-state index in [0.717, 1.165) is 44.2 Å².